The van der Waals surface area contributed by atoms with E-state index in [1.165, 1.54) is 5.56 Å². The van der Waals surface area contributed by atoms with Crippen LogP contribution in [0.1, 0.15) is 30.6 Å². The van der Waals surface area contributed by atoms with E-state index in [1.807, 2.05) is 18.2 Å². The van der Waals surface area contributed by atoms with E-state index in [0.717, 1.165) is 31.5 Å². The summed E-state index contributed by atoms with van der Waals surface area (Å²) in [6.45, 7) is 4.70. The van der Waals surface area contributed by atoms with Gasteiger partial charge in [-0.3, -0.25) is 4.79 Å². The van der Waals surface area contributed by atoms with Crippen molar-refractivity contribution in [1.29, 1.82) is 0 Å². The maximum absolute atomic E-state index is 12.5. The summed E-state index contributed by atoms with van der Waals surface area (Å²) >= 11 is 0. The molecule has 2 N–H and O–H groups in total. The Bertz CT molecular complexity index is 489. The topological polar surface area (TPSA) is 50.4 Å². The number of carbonyl (C=O) groups excluding carboxylic acids is 1. The molecule has 1 amide bonds. The quantitative estimate of drug-likeness (QED) is 0.857. The molecule has 3 unspecified atom stereocenters. The van der Waals surface area contributed by atoms with Crippen LogP contribution in [0.2, 0.25) is 0 Å². The number of hydrogen-bond acceptors (Lipinski definition) is 3. The minimum absolute atomic E-state index is 0.00213. The van der Waals surface area contributed by atoms with Crippen LogP contribution in [0, 0.1) is 5.92 Å². The third-order valence-corrected chi connectivity index (χ3v) is 4.39. The summed E-state index contributed by atoms with van der Waals surface area (Å²) in [4.78, 5) is 12.5. The van der Waals surface area contributed by atoms with Gasteiger partial charge in [0.15, 0.2) is 6.10 Å². The Morgan fingerprint density at radius 2 is 2.25 bits per heavy atom. The average Bonchev–Trinajstić information content (AvgIpc) is 2.49. The van der Waals surface area contributed by atoms with Gasteiger partial charge in [0, 0.05) is 12.6 Å². The zero-order valence-corrected chi connectivity index (χ0v) is 11.9. The van der Waals surface area contributed by atoms with Gasteiger partial charge in [0.1, 0.15) is 0 Å². The monoisotopic (exact) mass is 274 g/mol. The summed E-state index contributed by atoms with van der Waals surface area (Å²) < 4.78 is 5.71. The average molecular weight is 274 g/mol. The smallest absolute Gasteiger partial charge is 0.254 e. The van der Waals surface area contributed by atoms with Crippen molar-refractivity contribution in [1.82, 2.24) is 10.6 Å². The molecule has 0 radical (unpaired) electrons. The van der Waals surface area contributed by atoms with Crippen LogP contribution in [-0.2, 0) is 16.0 Å². The number of amides is 1. The van der Waals surface area contributed by atoms with Crippen LogP contribution >= 0.6 is 0 Å². The first-order chi connectivity index (χ1) is 9.75. The van der Waals surface area contributed by atoms with Crippen molar-refractivity contribution in [3.8, 4) is 0 Å². The molecule has 2 aliphatic rings. The van der Waals surface area contributed by atoms with Gasteiger partial charge in [-0.25, -0.2) is 0 Å². The molecule has 1 aromatic rings. The fourth-order valence-corrected chi connectivity index (χ4v) is 3.05. The standard InChI is InChI=1S/C16H22N2O2/c1-11-6-8-17-10-14(11)18-16(19)15-13-5-3-2-4-12(13)7-9-20-15/h2-5,11,14-15,17H,6-10H2,1H3,(H,18,19). The Hall–Kier alpha value is -1.39. The Labute approximate surface area is 119 Å². The summed E-state index contributed by atoms with van der Waals surface area (Å²) in [5.41, 5.74) is 2.25. The fourth-order valence-electron chi connectivity index (χ4n) is 3.05. The van der Waals surface area contributed by atoms with Crippen molar-refractivity contribution < 1.29 is 9.53 Å². The lowest BCUT2D eigenvalue weighted by Gasteiger charge is -2.32. The molecule has 2 heterocycles. The molecule has 4 heteroatoms. The van der Waals surface area contributed by atoms with Crippen LogP contribution in [0.3, 0.4) is 0 Å². The van der Waals surface area contributed by atoms with Crippen molar-refractivity contribution >= 4 is 5.91 Å². The van der Waals surface area contributed by atoms with Crippen LogP contribution in [0.25, 0.3) is 0 Å². The fraction of sp³-hybridized carbons (Fsp3) is 0.562. The van der Waals surface area contributed by atoms with E-state index in [0.29, 0.717) is 12.5 Å². The molecule has 0 aromatic heterocycles. The predicted molar refractivity (Wildman–Crippen MR) is 77.4 cm³/mol. The van der Waals surface area contributed by atoms with Crippen LogP contribution < -0.4 is 10.6 Å². The summed E-state index contributed by atoms with van der Waals surface area (Å²) in [5.74, 6) is 0.511. The lowest BCUT2D eigenvalue weighted by atomic mass is 9.93. The summed E-state index contributed by atoms with van der Waals surface area (Å²) in [6.07, 6.45) is 1.54. The van der Waals surface area contributed by atoms with E-state index in [2.05, 4.69) is 23.6 Å². The molecular formula is C16H22N2O2. The molecule has 0 spiro atoms. The molecule has 1 aromatic carbocycles. The maximum atomic E-state index is 12.5. The number of ether oxygens (including phenoxy) is 1. The number of nitrogens with one attached hydrogen (secondary N) is 2. The summed E-state index contributed by atoms with van der Waals surface area (Å²) in [6, 6.07) is 8.28. The molecule has 4 nitrogen and oxygen atoms in total. The molecule has 1 fully saturated rings. The van der Waals surface area contributed by atoms with Crippen molar-refractivity contribution in [2.75, 3.05) is 19.7 Å². The van der Waals surface area contributed by atoms with E-state index in [9.17, 15) is 4.79 Å². The van der Waals surface area contributed by atoms with Crippen LogP contribution in [0.15, 0.2) is 24.3 Å². The third-order valence-electron chi connectivity index (χ3n) is 4.39. The maximum Gasteiger partial charge on any atom is 0.254 e. The molecular weight excluding hydrogens is 252 g/mol. The first-order valence-electron chi connectivity index (χ1n) is 7.46. The van der Waals surface area contributed by atoms with Crippen LogP contribution in [0.5, 0.6) is 0 Å². The second-order valence-corrected chi connectivity index (χ2v) is 5.78. The molecule has 3 rings (SSSR count). The van der Waals surface area contributed by atoms with Gasteiger partial charge in [0.2, 0.25) is 0 Å². The lowest BCUT2D eigenvalue weighted by Crippen LogP contribution is -2.51. The Morgan fingerprint density at radius 3 is 3.10 bits per heavy atom. The second-order valence-electron chi connectivity index (χ2n) is 5.78. The molecule has 108 valence electrons. The van der Waals surface area contributed by atoms with E-state index >= 15 is 0 Å². The van der Waals surface area contributed by atoms with E-state index < -0.39 is 6.10 Å². The van der Waals surface area contributed by atoms with Crippen molar-refractivity contribution in [2.45, 2.75) is 31.9 Å². The van der Waals surface area contributed by atoms with Crippen molar-refractivity contribution in [2.24, 2.45) is 5.92 Å². The Kier molecular flexibility index (Phi) is 4.03. The third kappa shape index (κ3) is 2.72. The van der Waals surface area contributed by atoms with Crippen LogP contribution in [0.4, 0.5) is 0 Å². The highest BCUT2D eigenvalue weighted by atomic mass is 16.5. The number of hydrogen-bond donors (Lipinski definition) is 2. The molecule has 1 saturated heterocycles. The Balaban J connectivity index is 1.72. The molecule has 0 saturated carbocycles. The minimum Gasteiger partial charge on any atom is -0.363 e. The zero-order chi connectivity index (χ0) is 13.9. The number of fused-ring (bicyclic) bond motifs is 1. The van der Waals surface area contributed by atoms with Gasteiger partial charge in [0.25, 0.3) is 5.91 Å². The molecule has 3 atom stereocenters. The van der Waals surface area contributed by atoms with Crippen molar-refractivity contribution in [3.05, 3.63) is 35.4 Å². The lowest BCUT2D eigenvalue weighted by molar-refractivity contribution is -0.135. The van der Waals surface area contributed by atoms with Crippen molar-refractivity contribution in [3.63, 3.8) is 0 Å². The van der Waals surface area contributed by atoms with Gasteiger partial charge in [-0.1, -0.05) is 31.2 Å². The second kappa shape index (κ2) is 5.94. The number of carbonyl (C=O) groups is 1. The number of rotatable bonds is 2. The minimum atomic E-state index is -0.450. The van der Waals surface area contributed by atoms with Gasteiger partial charge in [-0.2, -0.15) is 0 Å². The predicted octanol–water partition coefficient (Wildman–Crippen LogP) is 1.41. The summed E-state index contributed by atoms with van der Waals surface area (Å²) in [5, 5.41) is 6.49. The van der Waals surface area contributed by atoms with E-state index in [1.54, 1.807) is 0 Å². The first-order valence-corrected chi connectivity index (χ1v) is 7.46. The zero-order valence-electron chi connectivity index (χ0n) is 11.9. The normalized spacial score (nSPS) is 29.6. The van der Waals surface area contributed by atoms with Gasteiger partial charge < -0.3 is 15.4 Å². The highest BCUT2D eigenvalue weighted by molar-refractivity contribution is 5.83. The van der Waals surface area contributed by atoms with E-state index in [4.69, 9.17) is 4.74 Å². The summed E-state index contributed by atoms with van der Waals surface area (Å²) in [7, 11) is 0. The number of benzene rings is 1. The largest absolute Gasteiger partial charge is 0.363 e. The van der Waals surface area contributed by atoms with Gasteiger partial charge >= 0.3 is 0 Å². The van der Waals surface area contributed by atoms with Gasteiger partial charge in [0.05, 0.1) is 6.61 Å². The highest BCUT2D eigenvalue weighted by Crippen LogP contribution is 2.27. The van der Waals surface area contributed by atoms with Gasteiger partial charge in [-0.15, -0.1) is 0 Å². The SMILES string of the molecule is CC1CCNCC1NC(=O)C1OCCc2ccccc21. The Morgan fingerprint density at radius 1 is 1.40 bits per heavy atom. The molecule has 20 heavy (non-hydrogen) atoms. The molecule has 0 aliphatic carbocycles. The van der Waals surface area contributed by atoms with E-state index in [-0.39, 0.29) is 11.9 Å². The molecule has 2 aliphatic heterocycles. The van der Waals surface area contributed by atoms with Crippen LogP contribution in [-0.4, -0.2) is 31.6 Å². The number of piperidine rings is 1. The highest BCUT2D eigenvalue weighted by Gasteiger charge is 2.30. The van der Waals surface area contributed by atoms with Gasteiger partial charge in [-0.05, 0) is 36.4 Å². The first kappa shape index (κ1) is 13.6. The molecule has 0 bridgehead atoms.